The van der Waals surface area contributed by atoms with E-state index < -0.39 is 0 Å². The van der Waals surface area contributed by atoms with Crippen LogP contribution in [0.3, 0.4) is 0 Å². The van der Waals surface area contributed by atoms with Gasteiger partial charge in [-0.15, -0.1) is 0 Å². The number of piperazine rings is 3. The van der Waals surface area contributed by atoms with Crippen molar-refractivity contribution in [3.8, 4) is 0 Å². The monoisotopic (exact) mass is 610 g/mol. The first-order chi connectivity index (χ1) is 20.1. The van der Waals surface area contributed by atoms with Gasteiger partial charge in [-0.05, 0) is 74.3 Å². The molecule has 3 saturated heterocycles. The molecule has 10 heteroatoms. The van der Waals surface area contributed by atoms with Crippen LogP contribution >= 0.6 is 0 Å². The Morgan fingerprint density at radius 3 is 1.74 bits per heavy atom. The Labute approximate surface area is 263 Å². The zero-order chi connectivity index (χ0) is 31.9. The molecule has 10 nitrogen and oxygen atoms in total. The average Bonchev–Trinajstić information content (AvgIpc) is 2.95. The van der Waals surface area contributed by atoms with Gasteiger partial charge in [0.2, 0.25) is 5.91 Å². The first-order valence-electron chi connectivity index (χ1n) is 17.0. The van der Waals surface area contributed by atoms with Crippen LogP contribution in [-0.2, 0) is 4.79 Å². The molecule has 3 rings (SSSR count). The van der Waals surface area contributed by atoms with E-state index in [0.717, 1.165) is 111 Å². The van der Waals surface area contributed by atoms with Gasteiger partial charge in [-0.1, -0.05) is 0 Å². The van der Waals surface area contributed by atoms with E-state index in [1.165, 1.54) is 0 Å². The van der Waals surface area contributed by atoms with Crippen molar-refractivity contribution in [2.24, 2.45) is 0 Å². The van der Waals surface area contributed by atoms with Crippen LogP contribution in [0.25, 0.3) is 0 Å². The van der Waals surface area contributed by atoms with E-state index in [1.807, 2.05) is 4.90 Å². The molecule has 43 heavy (non-hydrogen) atoms. The molecule has 0 bridgehead atoms. The SMILES string of the molecule is CC(=O)N1CCN(C(C)(CC(C)(C)NCCO)CC(C)(CCC(C)(C)N2CCN(CCO)CC2)N2CCN(C)CC2)CC1. The Kier molecular flexibility index (Phi) is 13.3. The van der Waals surface area contributed by atoms with Crippen molar-refractivity contribution in [2.75, 3.05) is 112 Å². The number of rotatable bonds is 15. The van der Waals surface area contributed by atoms with Crippen LogP contribution < -0.4 is 5.32 Å². The molecule has 0 saturated carbocycles. The predicted octanol–water partition coefficient (Wildman–Crippen LogP) is 1.22. The molecule has 3 aliphatic rings. The number of aliphatic hydroxyl groups is 2. The lowest BCUT2D eigenvalue weighted by Crippen LogP contribution is -2.65. The van der Waals surface area contributed by atoms with E-state index >= 15 is 0 Å². The quantitative estimate of drug-likeness (QED) is 0.254. The van der Waals surface area contributed by atoms with Gasteiger partial charge >= 0.3 is 0 Å². The van der Waals surface area contributed by atoms with Crippen LogP contribution in [0, 0.1) is 0 Å². The Balaban J connectivity index is 1.85. The van der Waals surface area contributed by atoms with E-state index in [4.69, 9.17) is 0 Å². The summed E-state index contributed by atoms with van der Waals surface area (Å²) < 4.78 is 0. The van der Waals surface area contributed by atoms with Gasteiger partial charge in [0.25, 0.3) is 0 Å². The van der Waals surface area contributed by atoms with E-state index in [-0.39, 0.29) is 41.3 Å². The number of hydrogen-bond donors (Lipinski definition) is 3. The molecule has 3 fully saturated rings. The van der Waals surface area contributed by atoms with Crippen molar-refractivity contribution >= 4 is 5.91 Å². The molecule has 3 N–H and O–H groups in total. The number of hydrogen-bond acceptors (Lipinski definition) is 9. The van der Waals surface area contributed by atoms with Gasteiger partial charge in [0.05, 0.1) is 13.2 Å². The van der Waals surface area contributed by atoms with E-state index in [2.05, 4.69) is 78.4 Å². The first-order valence-corrected chi connectivity index (χ1v) is 17.0. The fourth-order valence-corrected chi connectivity index (χ4v) is 8.23. The minimum absolute atomic E-state index is 0.0246. The number of carbonyl (C=O) groups is 1. The molecule has 3 aliphatic heterocycles. The van der Waals surface area contributed by atoms with Crippen LogP contribution in [-0.4, -0.2) is 180 Å². The maximum absolute atomic E-state index is 12.2. The molecule has 252 valence electrons. The van der Waals surface area contributed by atoms with Crippen molar-refractivity contribution in [3.63, 3.8) is 0 Å². The normalized spacial score (nSPS) is 24.2. The van der Waals surface area contributed by atoms with Gasteiger partial charge in [-0.2, -0.15) is 0 Å². The van der Waals surface area contributed by atoms with Crippen LogP contribution in [0.1, 0.15) is 74.1 Å². The van der Waals surface area contributed by atoms with Crippen LogP contribution in [0.15, 0.2) is 0 Å². The maximum atomic E-state index is 12.2. The number of nitrogens with zero attached hydrogens (tertiary/aromatic N) is 6. The highest BCUT2D eigenvalue weighted by molar-refractivity contribution is 5.73. The Hall–Kier alpha value is -0.850. The number of β-amino-alcohol motifs (C(OH)–C–C–N with tert-alkyl or cyclic N) is 2. The molecule has 3 heterocycles. The fourth-order valence-electron chi connectivity index (χ4n) is 8.23. The van der Waals surface area contributed by atoms with E-state index in [1.54, 1.807) is 6.92 Å². The second-order valence-corrected chi connectivity index (χ2v) is 15.5. The molecular formula is C33H67N7O3. The third kappa shape index (κ3) is 10.3. The summed E-state index contributed by atoms with van der Waals surface area (Å²) in [7, 11) is 2.24. The average molecular weight is 610 g/mol. The second-order valence-electron chi connectivity index (χ2n) is 15.5. The highest BCUT2D eigenvalue weighted by Crippen LogP contribution is 2.41. The summed E-state index contributed by atoms with van der Waals surface area (Å²) in [4.78, 5) is 27.1. The highest BCUT2D eigenvalue weighted by Gasteiger charge is 2.47. The predicted molar refractivity (Wildman–Crippen MR) is 177 cm³/mol. The van der Waals surface area contributed by atoms with Crippen molar-refractivity contribution in [2.45, 2.75) is 96.3 Å². The summed E-state index contributed by atoms with van der Waals surface area (Å²) in [6.45, 7) is 29.8. The number of aliphatic hydroxyl groups excluding tert-OH is 2. The largest absolute Gasteiger partial charge is 0.395 e. The Morgan fingerprint density at radius 2 is 1.21 bits per heavy atom. The van der Waals surface area contributed by atoms with Crippen molar-refractivity contribution in [1.82, 2.24) is 34.7 Å². The summed E-state index contributed by atoms with van der Waals surface area (Å²) in [6.07, 6.45) is 4.30. The van der Waals surface area contributed by atoms with Gasteiger partial charge in [-0.3, -0.25) is 24.4 Å². The third-order valence-electron chi connectivity index (χ3n) is 11.0. The number of amides is 1. The smallest absolute Gasteiger partial charge is 0.219 e. The second kappa shape index (κ2) is 15.6. The van der Waals surface area contributed by atoms with Crippen molar-refractivity contribution in [3.05, 3.63) is 0 Å². The van der Waals surface area contributed by atoms with Gasteiger partial charge in [0, 0.05) is 121 Å². The molecule has 2 atom stereocenters. The minimum atomic E-state index is -0.133. The summed E-state index contributed by atoms with van der Waals surface area (Å²) in [5.41, 5.74) is -0.0832. The molecule has 0 radical (unpaired) electrons. The maximum Gasteiger partial charge on any atom is 0.219 e. The number of likely N-dealkylation sites (N-methyl/N-ethyl adjacent to an activating group) is 1. The third-order valence-corrected chi connectivity index (χ3v) is 11.0. The molecule has 1 amide bonds. The standard InChI is InChI=1S/C33H67N7O3/c1-29(43)37-16-22-40(23-17-37)33(7,27-30(2,3)34-11-25-41)28-32(6,39-18-12-35(8)13-19-39)10-9-31(4,5)38-20-14-36(15-21-38)24-26-42/h34,41-42H,9-28H2,1-8H3. The van der Waals surface area contributed by atoms with E-state index in [0.29, 0.717) is 6.54 Å². The summed E-state index contributed by atoms with van der Waals surface area (Å²) >= 11 is 0. The van der Waals surface area contributed by atoms with Gasteiger partial charge < -0.3 is 25.3 Å². The topological polar surface area (TPSA) is 89.0 Å². The Bertz CT molecular complexity index is 849. The lowest BCUT2D eigenvalue weighted by molar-refractivity contribution is -0.132. The molecule has 0 spiro atoms. The molecule has 0 aliphatic carbocycles. The van der Waals surface area contributed by atoms with Crippen molar-refractivity contribution in [1.29, 1.82) is 0 Å². The van der Waals surface area contributed by atoms with Crippen molar-refractivity contribution < 1.29 is 15.0 Å². The number of carbonyl (C=O) groups excluding carboxylic acids is 1. The van der Waals surface area contributed by atoms with Crippen LogP contribution in [0.4, 0.5) is 0 Å². The lowest BCUT2D eigenvalue weighted by Gasteiger charge is -2.56. The fraction of sp³-hybridized carbons (Fsp3) is 0.970. The highest BCUT2D eigenvalue weighted by atomic mass is 16.3. The summed E-state index contributed by atoms with van der Waals surface area (Å²) in [6, 6.07) is 0. The molecule has 0 aromatic rings. The first kappa shape index (κ1) is 36.6. The summed E-state index contributed by atoms with van der Waals surface area (Å²) in [5.74, 6) is 0.174. The summed E-state index contributed by atoms with van der Waals surface area (Å²) in [5, 5.41) is 22.6. The molecule has 0 aromatic heterocycles. The minimum Gasteiger partial charge on any atom is -0.395 e. The van der Waals surface area contributed by atoms with Crippen LogP contribution in [0.5, 0.6) is 0 Å². The number of nitrogens with one attached hydrogen (secondary N) is 1. The zero-order valence-corrected chi connectivity index (χ0v) is 29.1. The van der Waals surface area contributed by atoms with Gasteiger partial charge in [0.1, 0.15) is 0 Å². The molecular weight excluding hydrogens is 542 g/mol. The lowest BCUT2D eigenvalue weighted by atomic mass is 9.72. The van der Waals surface area contributed by atoms with Crippen LogP contribution in [0.2, 0.25) is 0 Å². The van der Waals surface area contributed by atoms with Gasteiger partial charge in [0.15, 0.2) is 0 Å². The molecule has 2 unspecified atom stereocenters. The van der Waals surface area contributed by atoms with Gasteiger partial charge in [-0.25, -0.2) is 0 Å². The molecule has 0 aromatic carbocycles. The zero-order valence-electron chi connectivity index (χ0n) is 29.1. The Morgan fingerprint density at radius 1 is 0.674 bits per heavy atom. The van der Waals surface area contributed by atoms with E-state index in [9.17, 15) is 15.0 Å².